The molecule has 2 aliphatic heterocycles. The molecule has 0 spiro atoms. The van der Waals surface area contributed by atoms with Crippen molar-refractivity contribution in [2.75, 3.05) is 20.3 Å². The second kappa shape index (κ2) is 19.2. The van der Waals surface area contributed by atoms with Crippen LogP contribution in [0.5, 0.6) is 0 Å². The van der Waals surface area contributed by atoms with Crippen molar-refractivity contribution in [1.29, 1.82) is 0 Å². The third-order valence-corrected chi connectivity index (χ3v) is 16.7. The van der Waals surface area contributed by atoms with Crippen LogP contribution in [0, 0.1) is 5.92 Å². The summed E-state index contributed by atoms with van der Waals surface area (Å²) in [6.07, 6.45) is -5.97. The lowest BCUT2D eigenvalue weighted by molar-refractivity contribution is -0.356. The van der Waals surface area contributed by atoms with Gasteiger partial charge in [0.15, 0.2) is 12.6 Å². The van der Waals surface area contributed by atoms with Gasteiger partial charge in [-0.25, -0.2) is 9.59 Å². The van der Waals surface area contributed by atoms with Gasteiger partial charge in [0.05, 0.1) is 25.4 Å². The molecule has 3 fully saturated rings. The number of ether oxygens (including phenoxy) is 7. The number of carbonyl (C=O) groups excluding carboxylic acids is 2. The first-order valence-corrected chi connectivity index (χ1v) is 22.4. The molecular weight excluding hydrogens is 783 g/mol. The van der Waals surface area contributed by atoms with E-state index in [9.17, 15) is 15.1 Å². The summed E-state index contributed by atoms with van der Waals surface area (Å²) in [4.78, 5) is 29.6. The molecule has 14 heteroatoms. The number of benzene rings is 4. The standard InChI is InChI=1S/C46H53N3O10Si/c1-30-26-27-35(55-43(51)31-18-10-6-11-19-31)40(39(30)59-60(46(2,3)4,33-22-14-8-15-23-33)34-24-16-9-17-25-34)58-45-38(48-49-47)42(53-29-37(50)52-5)41-36(56-45)28-54-44(57-41)32-20-12-7-13-21-32/h6-25,30,35-36,38-42,44-45H,26-29H2,1-5H3/t30-,35-,36?,38?,39-,40?,41-,42+,44?,45?/m0/s1. The summed E-state index contributed by atoms with van der Waals surface area (Å²) in [5, 5.41) is 5.93. The molecule has 316 valence electrons. The number of rotatable bonds is 13. The van der Waals surface area contributed by atoms with Crippen LogP contribution in [0.25, 0.3) is 10.4 Å². The van der Waals surface area contributed by atoms with Crippen molar-refractivity contribution in [3.8, 4) is 0 Å². The van der Waals surface area contributed by atoms with E-state index < -0.39 is 87.1 Å². The molecule has 13 nitrogen and oxygen atoms in total. The van der Waals surface area contributed by atoms with E-state index in [1.54, 1.807) is 24.3 Å². The topological polar surface area (TPSA) is 157 Å². The van der Waals surface area contributed by atoms with Gasteiger partial charge in [0.1, 0.15) is 43.2 Å². The van der Waals surface area contributed by atoms with Gasteiger partial charge >= 0.3 is 11.9 Å². The summed E-state index contributed by atoms with van der Waals surface area (Å²) < 4.78 is 51.8. The monoisotopic (exact) mass is 835 g/mol. The first-order chi connectivity index (χ1) is 29.0. The number of hydrogen-bond donors (Lipinski definition) is 0. The predicted molar refractivity (Wildman–Crippen MR) is 225 cm³/mol. The fraction of sp³-hybridized carbons (Fsp3) is 0.435. The Morgan fingerprint density at radius 2 is 1.42 bits per heavy atom. The third kappa shape index (κ3) is 9.21. The zero-order valence-electron chi connectivity index (χ0n) is 34.6. The van der Waals surface area contributed by atoms with Crippen LogP contribution in [0.3, 0.4) is 0 Å². The van der Waals surface area contributed by atoms with Crippen molar-refractivity contribution in [3.05, 3.63) is 143 Å². The molecule has 2 heterocycles. The highest BCUT2D eigenvalue weighted by atomic mass is 28.4. The van der Waals surface area contributed by atoms with Crippen LogP contribution in [-0.4, -0.2) is 89.5 Å². The normalized spacial score (nSPS) is 28.1. The average molecular weight is 836 g/mol. The lowest BCUT2D eigenvalue weighted by atomic mass is 9.83. The molecule has 0 aromatic heterocycles. The maximum absolute atomic E-state index is 13.9. The molecule has 0 radical (unpaired) electrons. The molecule has 4 aromatic rings. The van der Waals surface area contributed by atoms with E-state index in [1.807, 2.05) is 72.8 Å². The molecular formula is C46H53N3O10Si. The van der Waals surface area contributed by atoms with Crippen LogP contribution < -0.4 is 10.4 Å². The molecule has 0 bridgehead atoms. The number of fused-ring (bicyclic) bond motifs is 1. The zero-order valence-corrected chi connectivity index (χ0v) is 35.6. The van der Waals surface area contributed by atoms with Crippen molar-refractivity contribution in [1.82, 2.24) is 0 Å². The Kier molecular flexibility index (Phi) is 13.8. The largest absolute Gasteiger partial charge is 0.467 e. The van der Waals surface area contributed by atoms with Crippen LogP contribution in [0.15, 0.2) is 126 Å². The number of nitrogens with zero attached hydrogens (tertiary/aromatic N) is 3. The molecule has 3 aliphatic rings. The minimum Gasteiger partial charge on any atom is -0.467 e. The smallest absolute Gasteiger partial charge is 0.338 e. The average Bonchev–Trinajstić information content (AvgIpc) is 3.27. The summed E-state index contributed by atoms with van der Waals surface area (Å²) in [5.74, 6) is -1.23. The van der Waals surface area contributed by atoms with Gasteiger partial charge in [-0.3, -0.25) is 0 Å². The molecule has 7 rings (SSSR count). The minimum atomic E-state index is -3.22. The van der Waals surface area contributed by atoms with E-state index in [0.29, 0.717) is 18.4 Å². The fourth-order valence-electron chi connectivity index (χ4n) is 8.64. The van der Waals surface area contributed by atoms with E-state index in [4.69, 9.17) is 37.6 Å². The maximum atomic E-state index is 13.9. The zero-order chi connectivity index (χ0) is 42.3. The molecule has 4 aromatic carbocycles. The number of esters is 2. The molecule has 5 unspecified atom stereocenters. The van der Waals surface area contributed by atoms with Crippen LogP contribution >= 0.6 is 0 Å². The molecule has 0 amide bonds. The number of carbonyl (C=O) groups is 2. The third-order valence-electron chi connectivity index (χ3n) is 11.6. The Hall–Kier alpha value is -4.89. The van der Waals surface area contributed by atoms with Crippen molar-refractivity contribution < 1.29 is 47.2 Å². The van der Waals surface area contributed by atoms with E-state index >= 15 is 0 Å². The second-order valence-electron chi connectivity index (χ2n) is 16.5. The lowest BCUT2D eigenvalue weighted by Gasteiger charge is -2.52. The van der Waals surface area contributed by atoms with Crippen molar-refractivity contribution in [3.63, 3.8) is 0 Å². The molecule has 60 heavy (non-hydrogen) atoms. The summed E-state index contributed by atoms with van der Waals surface area (Å²) in [5.41, 5.74) is 11.2. The molecule has 10 atom stereocenters. The van der Waals surface area contributed by atoms with Crippen molar-refractivity contribution in [2.24, 2.45) is 11.0 Å². The van der Waals surface area contributed by atoms with Gasteiger partial charge in [0, 0.05) is 10.5 Å². The Morgan fingerprint density at radius 1 is 0.817 bits per heavy atom. The highest BCUT2D eigenvalue weighted by Crippen LogP contribution is 2.44. The predicted octanol–water partition coefficient (Wildman–Crippen LogP) is 7.05. The first-order valence-electron chi connectivity index (χ1n) is 20.4. The quantitative estimate of drug-likeness (QED) is 0.0450. The lowest BCUT2D eigenvalue weighted by Crippen LogP contribution is -2.70. The summed E-state index contributed by atoms with van der Waals surface area (Å²) >= 11 is 0. The Balaban J connectivity index is 1.30. The van der Waals surface area contributed by atoms with E-state index in [-0.39, 0.29) is 12.5 Å². The molecule has 1 aliphatic carbocycles. The SMILES string of the molecule is COC(=O)CO[C@@H]1C(N=[N+]=[N-])C(OC2[C@@H](OC(=O)c3ccccc3)CC[C@H](C)[C@@H]2O[Si](c2ccccc2)(c2ccccc2)C(C)(C)C)OC2COC(c3ccccc3)O[C@@H]21. The van der Waals surface area contributed by atoms with Gasteiger partial charge < -0.3 is 37.6 Å². The summed E-state index contributed by atoms with van der Waals surface area (Å²) in [6.45, 7) is 8.34. The van der Waals surface area contributed by atoms with Crippen LogP contribution in [0.2, 0.25) is 5.04 Å². The molecule has 2 saturated heterocycles. The summed E-state index contributed by atoms with van der Waals surface area (Å²) in [6, 6.07) is 37.6. The van der Waals surface area contributed by atoms with Gasteiger partial charge in [-0.15, -0.1) is 0 Å². The Labute approximate surface area is 351 Å². The molecule has 0 N–H and O–H groups in total. The van der Waals surface area contributed by atoms with Gasteiger partial charge in [-0.1, -0.05) is 142 Å². The molecule has 1 saturated carbocycles. The van der Waals surface area contributed by atoms with Crippen molar-refractivity contribution >= 4 is 30.6 Å². The van der Waals surface area contributed by atoms with E-state index in [2.05, 4.69) is 62.0 Å². The Bertz CT molecular complexity index is 2030. The van der Waals surface area contributed by atoms with Crippen LogP contribution in [0.1, 0.15) is 62.7 Å². The highest BCUT2D eigenvalue weighted by molar-refractivity contribution is 6.99. The van der Waals surface area contributed by atoms with Gasteiger partial charge in [0.2, 0.25) is 0 Å². The summed E-state index contributed by atoms with van der Waals surface area (Å²) in [7, 11) is -1.96. The minimum absolute atomic E-state index is 0.0701. The highest BCUT2D eigenvalue weighted by Gasteiger charge is 2.57. The Morgan fingerprint density at radius 3 is 2.00 bits per heavy atom. The van der Waals surface area contributed by atoms with E-state index in [1.165, 1.54) is 7.11 Å². The fourth-order valence-corrected chi connectivity index (χ4v) is 13.4. The van der Waals surface area contributed by atoms with E-state index in [0.717, 1.165) is 15.9 Å². The van der Waals surface area contributed by atoms with Gasteiger partial charge in [0.25, 0.3) is 8.32 Å². The van der Waals surface area contributed by atoms with Gasteiger partial charge in [-0.2, -0.15) is 0 Å². The number of hydrogen-bond acceptors (Lipinski definition) is 11. The maximum Gasteiger partial charge on any atom is 0.338 e. The van der Waals surface area contributed by atoms with Gasteiger partial charge in [-0.05, 0) is 51.8 Å². The number of azide groups is 1. The number of methoxy groups -OCH3 is 1. The first kappa shape index (κ1) is 43.2. The van der Waals surface area contributed by atoms with Crippen molar-refractivity contribution in [2.45, 2.75) is 101 Å². The van der Waals surface area contributed by atoms with Crippen LogP contribution in [0.4, 0.5) is 0 Å². The van der Waals surface area contributed by atoms with Crippen LogP contribution in [-0.2, 0) is 42.4 Å². The second-order valence-corrected chi connectivity index (χ2v) is 20.7.